The van der Waals surface area contributed by atoms with Crippen molar-refractivity contribution in [2.45, 2.75) is 48.8 Å². The number of amides is 1. The molecule has 1 aromatic heterocycles. The van der Waals surface area contributed by atoms with Crippen LogP contribution >= 0.6 is 0 Å². The Morgan fingerprint density at radius 2 is 1.91 bits per heavy atom. The number of piperidine rings is 1. The van der Waals surface area contributed by atoms with Crippen molar-refractivity contribution >= 4 is 15.7 Å². The molecular formula is C22H22F5N3O4S. The van der Waals surface area contributed by atoms with E-state index in [1.54, 1.807) is 0 Å². The molecular weight excluding hydrogens is 497 g/mol. The number of carbonyl (C=O) groups is 1. The number of benzene rings is 1. The predicted octanol–water partition coefficient (Wildman–Crippen LogP) is 3.74. The third-order valence-electron chi connectivity index (χ3n) is 6.45. The van der Waals surface area contributed by atoms with Crippen LogP contribution in [0.1, 0.15) is 42.1 Å². The fraction of sp³-hybridized carbons (Fsp3) is 0.500. The lowest BCUT2D eigenvalue weighted by Crippen LogP contribution is -2.35. The van der Waals surface area contributed by atoms with Crippen molar-refractivity contribution in [2.75, 3.05) is 19.3 Å². The zero-order chi connectivity index (χ0) is 26.0. The van der Waals surface area contributed by atoms with E-state index in [0.29, 0.717) is 13.3 Å². The Balaban J connectivity index is 1.65. The fourth-order valence-corrected chi connectivity index (χ4v) is 4.86. The highest BCUT2D eigenvalue weighted by molar-refractivity contribution is 7.90. The fourth-order valence-electron chi connectivity index (χ4n) is 4.21. The van der Waals surface area contributed by atoms with Crippen LogP contribution in [-0.4, -0.2) is 60.6 Å². The molecule has 1 aliphatic carbocycles. The molecule has 3 atom stereocenters. The van der Waals surface area contributed by atoms with Crippen LogP contribution in [0.4, 0.5) is 22.0 Å². The highest BCUT2D eigenvalue weighted by Gasteiger charge is 2.64. The first-order valence-corrected chi connectivity index (χ1v) is 12.5. The molecule has 2 heterocycles. The number of hydrogen-bond donors (Lipinski definition) is 0. The molecule has 1 aromatic carbocycles. The van der Waals surface area contributed by atoms with Gasteiger partial charge in [-0.15, -0.1) is 0 Å². The van der Waals surface area contributed by atoms with E-state index in [2.05, 4.69) is 9.97 Å². The molecule has 0 bridgehead atoms. The van der Waals surface area contributed by atoms with Gasteiger partial charge >= 0.3 is 6.18 Å². The van der Waals surface area contributed by atoms with Crippen LogP contribution in [0.25, 0.3) is 0 Å². The Hall–Kier alpha value is -2.83. The van der Waals surface area contributed by atoms with Crippen molar-refractivity contribution in [3.8, 4) is 5.75 Å². The second-order valence-corrected chi connectivity index (χ2v) is 11.2. The van der Waals surface area contributed by atoms with E-state index in [0.717, 1.165) is 43.6 Å². The van der Waals surface area contributed by atoms with Crippen molar-refractivity contribution in [3.63, 3.8) is 0 Å². The molecule has 7 nitrogen and oxygen atoms in total. The highest BCUT2D eigenvalue weighted by atomic mass is 32.2. The zero-order valence-electron chi connectivity index (χ0n) is 18.9. The van der Waals surface area contributed by atoms with Crippen LogP contribution in [0, 0.1) is 5.92 Å². The molecule has 2 aromatic rings. The molecule has 1 aliphatic heterocycles. The summed E-state index contributed by atoms with van der Waals surface area (Å²) in [4.78, 5) is 22.2. The van der Waals surface area contributed by atoms with E-state index < -0.39 is 45.1 Å². The maximum absolute atomic E-state index is 13.7. The number of halogens is 5. The van der Waals surface area contributed by atoms with Gasteiger partial charge in [0.15, 0.2) is 15.9 Å². The topological polar surface area (TPSA) is 89.5 Å². The first kappa shape index (κ1) is 25.3. The number of carbonyl (C=O) groups excluding carboxylic acids is 1. The van der Waals surface area contributed by atoms with Gasteiger partial charge in [0.1, 0.15) is 17.3 Å². The van der Waals surface area contributed by atoms with Crippen LogP contribution in [-0.2, 0) is 21.4 Å². The van der Waals surface area contributed by atoms with Gasteiger partial charge in [-0.3, -0.25) is 4.79 Å². The van der Waals surface area contributed by atoms with Gasteiger partial charge in [0.25, 0.3) is 11.8 Å². The molecule has 0 spiro atoms. The molecule has 2 aliphatic rings. The van der Waals surface area contributed by atoms with Gasteiger partial charge in [-0.25, -0.2) is 27.2 Å². The number of hydrogen-bond acceptors (Lipinski definition) is 6. The molecule has 1 saturated heterocycles. The smallest absolute Gasteiger partial charge is 0.433 e. The summed E-state index contributed by atoms with van der Waals surface area (Å²) in [5, 5.41) is 0. The van der Waals surface area contributed by atoms with E-state index in [1.165, 1.54) is 4.90 Å². The minimum absolute atomic E-state index is 0.000155. The summed E-state index contributed by atoms with van der Waals surface area (Å²) in [5.41, 5.74) is -2.17. The Morgan fingerprint density at radius 3 is 2.51 bits per heavy atom. The minimum Gasteiger partial charge on any atom is -0.484 e. The maximum Gasteiger partial charge on any atom is 0.433 e. The van der Waals surface area contributed by atoms with Gasteiger partial charge in [-0.1, -0.05) is 0 Å². The number of sulfone groups is 1. The lowest BCUT2D eigenvalue weighted by Gasteiger charge is -2.25. The van der Waals surface area contributed by atoms with Gasteiger partial charge in [-0.2, -0.15) is 13.2 Å². The number of nitrogens with zero attached hydrogens (tertiary/aromatic N) is 3. The van der Waals surface area contributed by atoms with Gasteiger partial charge < -0.3 is 9.64 Å². The number of likely N-dealkylation sites (tertiary alicyclic amines) is 1. The van der Waals surface area contributed by atoms with Crippen molar-refractivity contribution in [2.24, 2.45) is 5.92 Å². The van der Waals surface area contributed by atoms with E-state index in [1.807, 2.05) is 0 Å². The maximum atomic E-state index is 13.7. The average molecular weight is 519 g/mol. The Labute approximate surface area is 198 Å². The summed E-state index contributed by atoms with van der Waals surface area (Å²) in [7, 11) is -3.73. The standard InChI is InChI=1S/C22H22F5N3O4S/c1-12(20(2,23)24)34-16-5-4-14(35(3,32)33)8-15(16)18(31)30-10-13-9-21(13,11-30)19-28-7-6-17(29-19)22(25,26)27/h4-8,12-13H,9-11H2,1-3H3/t12-,13?,21?/m0/s1. The lowest BCUT2D eigenvalue weighted by atomic mass is 10.1. The number of rotatable bonds is 6. The molecule has 1 amide bonds. The molecule has 13 heteroatoms. The highest BCUT2D eigenvalue weighted by Crippen LogP contribution is 2.58. The molecule has 4 rings (SSSR count). The Bertz CT molecular complexity index is 1280. The number of aromatic nitrogens is 2. The van der Waals surface area contributed by atoms with Crippen LogP contribution in [0.5, 0.6) is 5.75 Å². The van der Waals surface area contributed by atoms with Gasteiger partial charge in [0.2, 0.25) is 0 Å². The summed E-state index contributed by atoms with van der Waals surface area (Å²) in [6, 6.07) is 4.13. The van der Waals surface area contributed by atoms with Gasteiger partial charge in [-0.05, 0) is 43.5 Å². The monoisotopic (exact) mass is 519 g/mol. The third-order valence-corrected chi connectivity index (χ3v) is 7.56. The van der Waals surface area contributed by atoms with Gasteiger partial charge in [0, 0.05) is 32.5 Å². The van der Waals surface area contributed by atoms with E-state index in [4.69, 9.17) is 4.74 Å². The second-order valence-electron chi connectivity index (χ2n) is 9.15. The molecule has 190 valence electrons. The number of fused-ring (bicyclic) bond motifs is 1. The number of alkyl halides is 5. The SMILES string of the molecule is C[C@H](Oc1ccc(S(C)(=O)=O)cc1C(=O)N1CC2CC2(c2nccc(C(F)(F)F)n2)C1)C(C)(F)F. The third kappa shape index (κ3) is 4.82. The average Bonchev–Trinajstić information content (AvgIpc) is 3.32. The molecule has 2 unspecified atom stereocenters. The molecule has 1 saturated carbocycles. The van der Waals surface area contributed by atoms with Crippen LogP contribution in [0.15, 0.2) is 35.4 Å². The summed E-state index contributed by atoms with van der Waals surface area (Å²) in [6.45, 7) is 1.93. The van der Waals surface area contributed by atoms with E-state index in [9.17, 15) is 35.2 Å². The quantitative estimate of drug-likeness (QED) is 0.541. The van der Waals surface area contributed by atoms with Gasteiger partial charge in [0.05, 0.1) is 15.9 Å². The minimum atomic E-state index is -4.65. The summed E-state index contributed by atoms with van der Waals surface area (Å²) >= 11 is 0. The van der Waals surface area contributed by atoms with Crippen LogP contribution in [0.2, 0.25) is 0 Å². The largest absolute Gasteiger partial charge is 0.484 e. The molecule has 2 fully saturated rings. The number of ether oxygens (including phenoxy) is 1. The van der Waals surface area contributed by atoms with Crippen molar-refractivity contribution in [1.29, 1.82) is 0 Å². The molecule has 35 heavy (non-hydrogen) atoms. The predicted molar refractivity (Wildman–Crippen MR) is 113 cm³/mol. The van der Waals surface area contributed by atoms with Crippen molar-refractivity contribution in [1.82, 2.24) is 14.9 Å². The molecule has 0 radical (unpaired) electrons. The van der Waals surface area contributed by atoms with Crippen molar-refractivity contribution < 1.29 is 39.9 Å². The molecule has 0 N–H and O–H groups in total. The van der Waals surface area contributed by atoms with E-state index >= 15 is 0 Å². The van der Waals surface area contributed by atoms with E-state index in [-0.39, 0.29) is 41.0 Å². The second kappa shape index (κ2) is 8.10. The van der Waals surface area contributed by atoms with Crippen molar-refractivity contribution in [3.05, 3.63) is 47.5 Å². The summed E-state index contributed by atoms with van der Waals surface area (Å²) in [5.74, 6) is -4.35. The van der Waals surface area contributed by atoms with Crippen LogP contribution < -0.4 is 4.74 Å². The Kier molecular flexibility index (Phi) is 5.85. The lowest BCUT2D eigenvalue weighted by molar-refractivity contribution is -0.141. The summed E-state index contributed by atoms with van der Waals surface area (Å²) < 4.78 is 96.1. The van der Waals surface area contributed by atoms with Crippen LogP contribution in [0.3, 0.4) is 0 Å². The first-order valence-electron chi connectivity index (χ1n) is 10.6. The summed E-state index contributed by atoms with van der Waals surface area (Å²) in [6.07, 6.45) is -3.82. The Morgan fingerprint density at radius 1 is 1.23 bits per heavy atom. The zero-order valence-corrected chi connectivity index (χ0v) is 19.8. The first-order chi connectivity index (χ1) is 16.0. The normalized spacial score (nSPS) is 23.1.